The van der Waals surface area contributed by atoms with Gasteiger partial charge >= 0.3 is 14.8 Å². The number of aliphatic hydroxyl groups excluding tert-OH is 1. The molecular weight excluding hydrogens is 729 g/mol. The first-order valence-electron chi connectivity index (χ1n) is 18.3. The van der Waals surface area contributed by atoms with Crippen LogP contribution in [0.4, 0.5) is 0 Å². The second-order valence-corrected chi connectivity index (χ2v) is 18.5. The zero-order valence-corrected chi connectivity index (χ0v) is 33.3. The normalized spacial score (nSPS) is 29.4. The summed E-state index contributed by atoms with van der Waals surface area (Å²) in [5.74, 6) is 1.38. The van der Waals surface area contributed by atoms with Crippen molar-refractivity contribution in [3.05, 3.63) is 36.5 Å². The van der Waals surface area contributed by atoms with Crippen LogP contribution in [0.15, 0.2) is 36.5 Å². The van der Waals surface area contributed by atoms with E-state index >= 15 is 0 Å². The lowest BCUT2D eigenvalue weighted by molar-refractivity contribution is -0.226. The Morgan fingerprint density at radius 1 is 0.700 bits per heavy atom. The summed E-state index contributed by atoms with van der Waals surface area (Å²) in [5, 5.41) is 8.88. The Morgan fingerprint density at radius 2 is 1.14 bits per heavy atom. The van der Waals surface area contributed by atoms with Crippen molar-refractivity contribution in [3.63, 3.8) is 0 Å². The molecule has 16 heteroatoms. The second-order valence-electron chi connectivity index (χ2n) is 12.8. The van der Waals surface area contributed by atoms with Crippen LogP contribution in [0.5, 0.6) is 0 Å². The predicted molar refractivity (Wildman–Crippen MR) is 195 cm³/mol. The molecule has 5 aliphatic rings. The number of aliphatic hydroxyl groups is 1. The number of halogens is 1. The summed E-state index contributed by atoms with van der Waals surface area (Å²) in [7, 11) is -7.25. The van der Waals surface area contributed by atoms with Crippen molar-refractivity contribution in [1.29, 1.82) is 0 Å². The van der Waals surface area contributed by atoms with Gasteiger partial charge in [-0.05, 0) is 120 Å². The first-order valence-corrected chi connectivity index (χ1v) is 23.7. The topological polar surface area (TPSA) is 159 Å². The van der Waals surface area contributed by atoms with Gasteiger partial charge in [-0.2, -0.15) is 0 Å². The molecule has 4 atom stereocenters. The largest absolute Gasteiger partial charge is 0.756 e. The summed E-state index contributed by atoms with van der Waals surface area (Å²) in [6.45, 7) is 1.59. The van der Waals surface area contributed by atoms with Crippen molar-refractivity contribution in [1.82, 2.24) is 0 Å². The highest BCUT2D eigenvalue weighted by Gasteiger charge is 2.32. The Balaban J connectivity index is 0.000000243. The minimum atomic E-state index is -4.07. The molecule has 0 radical (unpaired) electrons. The molecule has 2 saturated heterocycles. The van der Waals surface area contributed by atoms with Crippen LogP contribution in [0.3, 0.4) is 0 Å². The molecule has 2 aliphatic heterocycles. The van der Waals surface area contributed by atoms with Crippen LogP contribution in [0.2, 0.25) is 0 Å². The summed E-state index contributed by atoms with van der Waals surface area (Å²) >= 11 is 5.08. The fraction of sp³-hybridized carbons (Fsp3) is 0.824. The second kappa shape index (κ2) is 27.4. The number of rotatable bonds is 10. The van der Waals surface area contributed by atoms with E-state index < -0.39 is 22.6 Å². The first-order chi connectivity index (χ1) is 24.1. The Bertz CT molecular complexity index is 1100. The molecule has 0 saturated carbocycles. The zero-order chi connectivity index (χ0) is 36.4. The lowest BCUT2D eigenvalue weighted by Gasteiger charge is -2.25. The van der Waals surface area contributed by atoms with Gasteiger partial charge in [0.15, 0.2) is 0 Å². The molecular formula is C34H61ClO12P3-. The molecule has 0 aromatic rings. The third-order valence-corrected chi connectivity index (χ3v) is 12.5. The average Bonchev–Trinajstić information content (AvgIpc) is 3.67. The number of phosphoric ester groups is 2. The van der Waals surface area contributed by atoms with Crippen LogP contribution in [-0.4, -0.2) is 58.0 Å². The third kappa shape index (κ3) is 23.5. The summed E-state index contributed by atoms with van der Waals surface area (Å²) in [5.41, 5.74) is 0. The fourth-order valence-electron chi connectivity index (χ4n) is 5.60. The molecule has 3 aliphatic carbocycles. The lowest BCUT2D eigenvalue weighted by atomic mass is 9.95. The van der Waals surface area contributed by atoms with E-state index in [0.29, 0.717) is 63.8 Å². The maximum absolute atomic E-state index is 11.7. The molecule has 2 heterocycles. The van der Waals surface area contributed by atoms with Gasteiger partial charge in [0, 0.05) is 17.8 Å². The first kappa shape index (κ1) is 46.0. The van der Waals surface area contributed by atoms with E-state index in [1.165, 1.54) is 32.1 Å². The van der Waals surface area contributed by atoms with Gasteiger partial charge in [0.2, 0.25) is 0 Å². The maximum Gasteiger partial charge on any atom is 0.474 e. The molecule has 50 heavy (non-hydrogen) atoms. The smallest absolute Gasteiger partial charge is 0.474 e. The van der Waals surface area contributed by atoms with Crippen LogP contribution >= 0.6 is 33.8 Å². The SMILES string of the molecule is CCCOP(=O)([O-])OCC1CC/C=C\CCC1.O=P1(Cl)OCCO1.O=P1(OCC2CC/C=C\CCC2)OCCO1.OCC1CC/C=C\CCC1. The molecule has 0 bridgehead atoms. The van der Waals surface area contributed by atoms with Gasteiger partial charge in [0.05, 0.1) is 46.2 Å². The average molecular weight is 790 g/mol. The van der Waals surface area contributed by atoms with Crippen LogP contribution in [0, 0.1) is 17.8 Å². The van der Waals surface area contributed by atoms with E-state index in [1.807, 2.05) is 6.92 Å². The Morgan fingerprint density at radius 3 is 1.60 bits per heavy atom. The fourth-order valence-corrected chi connectivity index (χ4v) is 8.76. The Kier molecular flexibility index (Phi) is 25.2. The van der Waals surface area contributed by atoms with Crippen LogP contribution in [-0.2, 0) is 45.4 Å². The van der Waals surface area contributed by atoms with Crippen molar-refractivity contribution in [2.45, 2.75) is 110 Å². The molecule has 5 rings (SSSR count). The van der Waals surface area contributed by atoms with E-state index in [4.69, 9.17) is 34.4 Å². The molecule has 4 unspecified atom stereocenters. The monoisotopic (exact) mass is 789 g/mol. The molecule has 2 fully saturated rings. The number of hydrogen-bond donors (Lipinski definition) is 1. The quantitative estimate of drug-likeness (QED) is 0.165. The van der Waals surface area contributed by atoms with Gasteiger partial charge in [0.25, 0.3) is 7.82 Å². The zero-order valence-electron chi connectivity index (χ0n) is 29.8. The van der Waals surface area contributed by atoms with Crippen molar-refractivity contribution in [2.75, 3.05) is 52.9 Å². The molecule has 1 N–H and O–H groups in total. The molecule has 12 nitrogen and oxygen atoms in total. The lowest BCUT2D eigenvalue weighted by Crippen LogP contribution is -2.15. The molecule has 292 valence electrons. The highest BCUT2D eigenvalue weighted by atomic mass is 35.7. The highest BCUT2D eigenvalue weighted by Crippen LogP contribution is 2.56. The van der Waals surface area contributed by atoms with E-state index in [1.54, 1.807) is 0 Å². The van der Waals surface area contributed by atoms with Crippen LogP contribution in [0.25, 0.3) is 0 Å². The van der Waals surface area contributed by atoms with E-state index in [2.05, 4.69) is 50.0 Å². The molecule has 0 aromatic heterocycles. The summed E-state index contributed by atoms with van der Waals surface area (Å²) < 4.78 is 67.2. The minimum absolute atomic E-state index is 0.203. The summed E-state index contributed by atoms with van der Waals surface area (Å²) in [4.78, 5) is 11.4. The summed E-state index contributed by atoms with van der Waals surface area (Å²) in [6.07, 6.45) is 30.8. The van der Waals surface area contributed by atoms with Crippen molar-refractivity contribution in [3.8, 4) is 0 Å². The van der Waals surface area contributed by atoms with Crippen LogP contribution in [0.1, 0.15) is 110 Å². The maximum atomic E-state index is 11.7. The van der Waals surface area contributed by atoms with Crippen molar-refractivity contribution >= 4 is 33.8 Å². The predicted octanol–water partition coefficient (Wildman–Crippen LogP) is 9.82. The number of phosphoric acid groups is 2. The van der Waals surface area contributed by atoms with Crippen LogP contribution < -0.4 is 4.89 Å². The minimum Gasteiger partial charge on any atom is -0.756 e. The Hall–Kier alpha value is -0.160. The molecule has 0 spiro atoms. The Labute approximate surface area is 305 Å². The molecule has 0 amide bonds. The van der Waals surface area contributed by atoms with Gasteiger partial charge in [0.1, 0.15) is 0 Å². The van der Waals surface area contributed by atoms with Crippen molar-refractivity contribution < 1.29 is 55.4 Å². The third-order valence-electron chi connectivity index (χ3n) is 8.48. The highest BCUT2D eigenvalue weighted by molar-refractivity contribution is 7.81. The van der Waals surface area contributed by atoms with E-state index in [9.17, 15) is 18.6 Å². The van der Waals surface area contributed by atoms with Gasteiger partial charge in [-0.15, -0.1) is 0 Å². The van der Waals surface area contributed by atoms with Gasteiger partial charge in [-0.1, -0.05) is 43.4 Å². The number of hydrogen-bond acceptors (Lipinski definition) is 12. The van der Waals surface area contributed by atoms with E-state index in [0.717, 1.165) is 64.2 Å². The van der Waals surface area contributed by atoms with Gasteiger partial charge < -0.3 is 19.0 Å². The van der Waals surface area contributed by atoms with Gasteiger partial charge in [-0.3, -0.25) is 27.2 Å². The molecule has 0 aromatic carbocycles. The standard InChI is InChI=1S/C12H23O4P.C11H19O4P.C9H16O.C2H4ClO3P/c1-2-10-15-17(13,14)16-11-12-8-6-4-3-5-7-9-12;12-16(13-8-9-14-16)15-10-11-6-4-2-1-3-5-7-11;10-8-9-6-4-2-1-3-5-7-9;3-7(4)5-1-2-6-7/h3-4,12H,2,5-11H2,1H3,(H,13,14);1-2,11H,3-10H2;1-2,9-10H,3-8H2;1-2H2/p-1/b4-3-;2*2-1-;. The number of allylic oxidation sites excluding steroid dienone is 6. The summed E-state index contributed by atoms with van der Waals surface area (Å²) in [6, 6.07) is 0. The van der Waals surface area contributed by atoms with E-state index in [-0.39, 0.29) is 13.2 Å². The van der Waals surface area contributed by atoms with Crippen molar-refractivity contribution in [2.24, 2.45) is 17.8 Å². The van der Waals surface area contributed by atoms with Gasteiger partial charge in [-0.25, -0.2) is 9.13 Å².